The number of nitrogens with one attached hydrogen (secondary N) is 2. The quantitative estimate of drug-likeness (QED) is 0.517. The Morgan fingerprint density at radius 1 is 1.00 bits per heavy atom. The number of fused-ring (bicyclic) bond motifs is 1. The molecule has 4 nitrogen and oxygen atoms in total. The molecule has 4 rings (SSSR count). The number of carbonyl (C=O) groups excluding carboxylic acids is 2. The van der Waals surface area contributed by atoms with Gasteiger partial charge >= 0.3 is 0 Å². The number of rotatable bonds is 4. The fourth-order valence-corrected chi connectivity index (χ4v) is 5.45. The summed E-state index contributed by atoms with van der Waals surface area (Å²) in [4.78, 5) is 27.3. The van der Waals surface area contributed by atoms with Crippen LogP contribution in [-0.4, -0.2) is 11.8 Å². The Labute approximate surface area is 185 Å². The topological polar surface area (TPSA) is 58.2 Å². The zero-order chi connectivity index (χ0) is 22.1. The van der Waals surface area contributed by atoms with Crippen molar-refractivity contribution < 1.29 is 14.0 Å². The number of benzene rings is 2. The van der Waals surface area contributed by atoms with Crippen LogP contribution >= 0.6 is 11.3 Å². The van der Waals surface area contributed by atoms with Gasteiger partial charge in [-0.2, -0.15) is 0 Å². The maximum Gasteiger partial charge on any atom is 0.258 e. The first kappa shape index (κ1) is 21.2. The molecule has 160 valence electrons. The molecule has 1 atom stereocenters. The highest BCUT2D eigenvalue weighted by Gasteiger charge is 2.29. The van der Waals surface area contributed by atoms with Crippen LogP contribution in [0.4, 0.5) is 15.1 Å². The van der Waals surface area contributed by atoms with Gasteiger partial charge in [0, 0.05) is 16.1 Å². The molecule has 0 aliphatic heterocycles. The number of carbonyl (C=O) groups is 2. The molecule has 2 N–H and O–H groups in total. The number of para-hydroxylation sites is 1. The number of amides is 2. The normalized spacial score (nSPS) is 15.3. The molecule has 1 heterocycles. The minimum Gasteiger partial charge on any atom is -0.321 e. The minimum atomic E-state index is -0.397. The number of hydrogen-bond donors (Lipinski definition) is 2. The molecule has 6 heteroatoms. The van der Waals surface area contributed by atoms with Gasteiger partial charge in [-0.15, -0.1) is 11.3 Å². The van der Waals surface area contributed by atoms with Crippen LogP contribution < -0.4 is 10.6 Å². The van der Waals surface area contributed by atoms with Crippen LogP contribution in [0.5, 0.6) is 0 Å². The summed E-state index contributed by atoms with van der Waals surface area (Å²) in [6.07, 6.45) is 2.73. The molecule has 2 aromatic carbocycles. The van der Waals surface area contributed by atoms with Gasteiger partial charge in [-0.05, 0) is 80.0 Å². The molecular weight excluding hydrogens is 411 g/mol. The van der Waals surface area contributed by atoms with Crippen LogP contribution in [0.3, 0.4) is 0 Å². The Morgan fingerprint density at radius 2 is 1.68 bits per heavy atom. The highest BCUT2D eigenvalue weighted by molar-refractivity contribution is 7.17. The molecule has 0 bridgehead atoms. The zero-order valence-corrected chi connectivity index (χ0v) is 18.7. The van der Waals surface area contributed by atoms with E-state index in [4.69, 9.17) is 0 Å². The van der Waals surface area contributed by atoms with Gasteiger partial charge in [-0.1, -0.05) is 25.1 Å². The second-order valence-electron chi connectivity index (χ2n) is 8.24. The maximum absolute atomic E-state index is 13.4. The third-order valence-electron chi connectivity index (χ3n) is 5.79. The van der Waals surface area contributed by atoms with Gasteiger partial charge in [0.05, 0.1) is 5.56 Å². The fraction of sp³-hybridized carbons (Fsp3) is 0.280. The SMILES string of the molecule is Cc1cccc(C)c1NC(=O)c1c(NC(=O)c2ccc(F)cc2)sc2c1CC[C@@H](C)C2. The van der Waals surface area contributed by atoms with E-state index in [1.807, 2.05) is 32.0 Å². The summed E-state index contributed by atoms with van der Waals surface area (Å²) in [6.45, 7) is 6.13. The number of thiophene rings is 1. The monoisotopic (exact) mass is 436 g/mol. The molecule has 1 aliphatic carbocycles. The Hall–Kier alpha value is -2.99. The van der Waals surface area contributed by atoms with Crippen molar-refractivity contribution in [1.29, 1.82) is 0 Å². The molecule has 31 heavy (non-hydrogen) atoms. The first-order valence-electron chi connectivity index (χ1n) is 10.4. The Bertz CT molecular complexity index is 1130. The zero-order valence-electron chi connectivity index (χ0n) is 17.8. The summed E-state index contributed by atoms with van der Waals surface area (Å²) >= 11 is 1.47. The summed E-state index contributed by atoms with van der Waals surface area (Å²) in [7, 11) is 0. The molecule has 0 saturated carbocycles. The number of aryl methyl sites for hydroxylation is 2. The number of halogens is 1. The highest BCUT2D eigenvalue weighted by Crippen LogP contribution is 2.40. The summed E-state index contributed by atoms with van der Waals surface area (Å²) in [5.74, 6) is -0.418. The van der Waals surface area contributed by atoms with Crippen LogP contribution in [0.25, 0.3) is 0 Å². The van der Waals surface area contributed by atoms with Crippen molar-refractivity contribution in [3.8, 4) is 0 Å². The predicted octanol–water partition coefficient (Wildman–Crippen LogP) is 6.13. The van der Waals surface area contributed by atoms with E-state index in [-0.39, 0.29) is 11.8 Å². The standard InChI is InChI=1S/C25H25FN2O2S/c1-14-7-12-19-20(13-14)31-25(28-23(29)17-8-10-18(26)11-9-17)21(19)24(30)27-22-15(2)5-4-6-16(22)3/h4-6,8-11,14H,7,12-13H2,1-3H3,(H,27,30)(H,28,29)/t14-/m1/s1. The lowest BCUT2D eigenvalue weighted by atomic mass is 9.88. The summed E-state index contributed by atoms with van der Waals surface area (Å²) < 4.78 is 13.2. The lowest BCUT2D eigenvalue weighted by Gasteiger charge is -2.19. The highest BCUT2D eigenvalue weighted by atomic mass is 32.1. The van der Waals surface area contributed by atoms with Gasteiger partial charge in [0.1, 0.15) is 10.8 Å². The average Bonchev–Trinajstić information content (AvgIpc) is 3.08. The van der Waals surface area contributed by atoms with Crippen LogP contribution in [0, 0.1) is 25.6 Å². The van der Waals surface area contributed by atoms with E-state index in [2.05, 4.69) is 17.6 Å². The molecule has 0 fully saturated rings. The van der Waals surface area contributed by atoms with Crippen LogP contribution in [0.15, 0.2) is 42.5 Å². The minimum absolute atomic E-state index is 0.209. The Balaban J connectivity index is 1.69. The van der Waals surface area contributed by atoms with Gasteiger partial charge in [0.25, 0.3) is 11.8 Å². The largest absolute Gasteiger partial charge is 0.321 e. The molecular formula is C25H25FN2O2S. The van der Waals surface area contributed by atoms with E-state index in [1.54, 1.807) is 0 Å². The van der Waals surface area contributed by atoms with Crippen LogP contribution in [-0.2, 0) is 12.8 Å². The van der Waals surface area contributed by atoms with Crippen molar-refractivity contribution in [3.63, 3.8) is 0 Å². The summed E-state index contributed by atoms with van der Waals surface area (Å²) in [5, 5.41) is 6.53. The molecule has 0 saturated heterocycles. The lowest BCUT2D eigenvalue weighted by molar-refractivity contribution is 0.102. The van der Waals surface area contributed by atoms with Crippen molar-refractivity contribution in [3.05, 3.63) is 81.0 Å². The Kier molecular flexibility index (Phi) is 5.92. The molecule has 2 amide bonds. The maximum atomic E-state index is 13.4. The average molecular weight is 437 g/mol. The first-order valence-corrected chi connectivity index (χ1v) is 11.2. The number of hydrogen-bond acceptors (Lipinski definition) is 3. The molecule has 3 aromatic rings. The van der Waals surface area contributed by atoms with E-state index in [1.165, 1.54) is 35.6 Å². The molecule has 1 aromatic heterocycles. The van der Waals surface area contributed by atoms with E-state index < -0.39 is 5.82 Å². The van der Waals surface area contributed by atoms with E-state index in [0.717, 1.165) is 46.5 Å². The molecule has 0 radical (unpaired) electrons. The van der Waals surface area contributed by atoms with Crippen molar-refractivity contribution >= 4 is 33.8 Å². The van der Waals surface area contributed by atoms with E-state index >= 15 is 0 Å². The van der Waals surface area contributed by atoms with E-state index in [0.29, 0.717) is 22.0 Å². The van der Waals surface area contributed by atoms with Crippen LogP contribution in [0.1, 0.15) is 55.6 Å². The van der Waals surface area contributed by atoms with Crippen LogP contribution in [0.2, 0.25) is 0 Å². The Morgan fingerprint density at radius 3 is 2.35 bits per heavy atom. The molecule has 1 aliphatic rings. The lowest BCUT2D eigenvalue weighted by Crippen LogP contribution is -2.20. The van der Waals surface area contributed by atoms with Crippen molar-refractivity contribution in [2.75, 3.05) is 10.6 Å². The van der Waals surface area contributed by atoms with Gasteiger partial charge in [0.2, 0.25) is 0 Å². The number of anilines is 2. The summed E-state index contributed by atoms with van der Waals surface area (Å²) in [6, 6.07) is 11.3. The first-order chi connectivity index (χ1) is 14.8. The fourth-order valence-electron chi connectivity index (χ4n) is 4.04. The van der Waals surface area contributed by atoms with Gasteiger partial charge in [-0.3, -0.25) is 9.59 Å². The van der Waals surface area contributed by atoms with Gasteiger partial charge in [-0.25, -0.2) is 4.39 Å². The second kappa shape index (κ2) is 8.63. The van der Waals surface area contributed by atoms with Gasteiger partial charge in [0.15, 0.2) is 0 Å². The second-order valence-corrected chi connectivity index (χ2v) is 9.34. The van der Waals surface area contributed by atoms with Gasteiger partial charge < -0.3 is 10.6 Å². The molecule has 0 unspecified atom stereocenters. The third kappa shape index (κ3) is 4.39. The molecule has 0 spiro atoms. The smallest absolute Gasteiger partial charge is 0.258 e. The third-order valence-corrected chi connectivity index (χ3v) is 6.96. The summed E-state index contributed by atoms with van der Waals surface area (Å²) in [5.41, 5.74) is 4.70. The van der Waals surface area contributed by atoms with Crippen molar-refractivity contribution in [2.45, 2.75) is 40.0 Å². The van der Waals surface area contributed by atoms with Crippen molar-refractivity contribution in [2.24, 2.45) is 5.92 Å². The van der Waals surface area contributed by atoms with Crippen molar-refractivity contribution in [1.82, 2.24) is 0 Å². The van der Waals surface area contributed by atoms with E-state index in [9.17, 15) is 14.0 Å². The predicted molar refractivity (Wildman–Crippen MR) is 124 cm³/mol.